The van der Waals surface area contributed by atoms with E-state index in [0.29, 0.717) is 29.7 Å². The summed E-state index contributed by atoms with van der Waals surface area (Å²) in [6.45, 7) is -0.267. The Morgan fingerprint density at radius 2 is 2.12 bits per heavy atom. The molecule has 0 radical (unpaired) electrons. The van der Waals surface area contributed by atoms with Gasteiger partial charge in [-0.1, -0.05) is 18.6 Å². The van der Waals surface area contributed by atoms with Crippen molar-refractivity contribution >= 4 is 29.3 Å². The van der Waals surface area contributed by atoms with E-state index in [1.165, 1.54) is 31.0 Å². The number of para-hydroxylation sites is 1. The Balaban J connectivity index is 1.43. The summed E-state index contributed by atoms with van der Waals surface area (Å²) in [5, 5.41) is 11.4. The van der Waals surface area contributed by atoms with E-state index in [1.54, 1.807) is 6.07 Å². The normalized spacial score (nSPS) is 23.9. The number of carbonyl (C=O) groups excluding carboxylic acids is 2. The number of hydrogen-bond donors (Lipinski definition) is 1. The van der Waals surface area contributed by atoms with Crippen LogP contribution in [0.1, 0.15) is 32.1 Å². The van der Waals surface area contributed by atoms with Gasteiger partial charge in [-0.2, -0.15) is 5.26 Å². The summed E-state index contributed by atoms with van der Waals surface area (Å²) in [7, 11) is 0. The van der Waals surface area contributed by atoms with Crippen molar-refractivity contribution in [1.29, 1.82) is 5.26 Å². The number of rotatable bonds is 7. The van der Waals surface area contributed by atoms with E-state index >= 15 is 0 Å². The molecular weight excluding hydrogens is 336 g/mol. The smallest absolute Gasteiger partial charge is 0.306 e. The largest absolute Gasteiger partial charge is 0.456 e. The van der Waals surface area contributed by atoms with E-state index < -0.39 is 0 Å². The van der Waals surface area contributed by atoms with Gasteiger partial charge in [0.1, 0.15) is 0 Å². The highest BCUT2D eigenvalue weighted by Gasteiger charge is 2.40. The van der Waals surface area contributed by atoms with E-state index in [0.717, 1.165) is 17.2 Å². The van der Waals surface area contributed by atoms with E-state index in [2.05, 4.69) is 11.4 Å². The molecule has 2 aliphatic rings. The zero-order chi connectivity index (χ0) is 17.6. The number of nitrogens with one attached hydrogen (secondary N) is 1. The van der Waals surface area contributed by atoms with Crippen LogP contribution in [0, 0.1) is 29.1 Å². The third-order valence-electron chi connectivity index (χ3n) is 5.13. The summed E-state index contributed by atoms with van der Waals surface area (Å²) >= 11 is 1.36. The first-order valence-electron chi connectivity index (χ1n) is 8.70. The fourth-order valence-electron chi connectivity index (χ4n) is 4.04. The molecule has 0 aliphatic heterocycles. The number of hydrogen-bond acceptors (Lipinski definition) is 5. The van der Waals surface area contributed by atoms with Gasteiger partial charge in [0.05, 0.1) is 17.5 Å². The number of nitriles is 1. The van der Waals surface area contributed by atoms with Crippen molar-refractivity contribution in [3.05, 3.63) is 24.3 Å². The first kappa shape index (κ1) is 17.8. The number of benzene rings is 1. The Morgan fingerprint density at radius 1 is 1.28 bits per heavy atom. The molecule has 0 saturated heterocycles. The van der Waals surface area contributed by atoms with Gasteiger partial charge in [-0.25, -0.2) is 0 Å². The average molecular weight is 358 g/mol. The molecule has 132 valence electrons. The summed E-state index contributed by atoms with van der Waals surface area (Å²) < 4.78 is 5.16. The molecule has 0 aromatic heterocycles. The number of esters is 1. The molecule has 3 atom stereocenters. The average Bonchev–Trinajstić information content (AvgIpc) is 3.22. The van der Waals surface area contributed by atoms with E-state index in [9.17, 15) is 9.59 Å². The van der Waals surface area contributed by atoms with Crippen LogP contribution in [-0.2, 0) is 14.3 Å². The molecule has 3 rings (SSSR count). The van der Waals surface area contributed by atoms with Gasteiger partial charge >= 0.3 is 5.97 Å². The van der Waals surface area contributed by atoms with Gasteiger partial charge in [-0.15, -0.1) is 11.8 Å². The quantitative estimate of drug-likeness (QED) is 0.595. The Kier molecular flexibility index (Phi) is 5.98. The molecule has 1 N–H and O–H groups in total. The Labute approximate surface area is 152 Å². The highest BCUT2D eigenvalue weighted by atomic mass is 32.2. The molecule has 0 unspecified atom stereocenters. The Bertz CT molecular complexity index is 685. The molecule has 6 heteroatoms. The minimum Gasteiger partial charge on any atom is -0.456 e. The maximum absolute atomic E-state index is 12.0. The van der Waals surface area contributed by atoms with Crippen molar-refractivity contribution in [1.82, 2.24) is 0 Å². The lowest BCUT2D eigenvalue weighted by Crippen LogP contribution is -2.23. The predicted molar refractivity (Wildman–Crippen MR) is 95.9 cm³/mol. The fourth-order valence-corrected chi connectivity index (χ4v) is 4.71. The first-order chi connectivity index (χ1) is 12.2. The number of anilines is 1. The third-order valence-corrected chi connectivity index (χ3v) is 6.07. The molecule has 0 heterocycles. The van der Waals surface area contributed by atoms with Crippen LogP contribution in [0.4, 0.5) is 5.69 Å². The van der Waals surface area contributed by atoms with Crippen LogP contribution in [0.5, 0.6) is 0 Å². The van der Waals surface area contributed by atoms with Crippen molar-refractivity contribution in [2.45, 2.75) is 37.0 Å². The third kappa shape index (κ3) is 4.76. The molecule has 1 aromatic carbocycles. The highest BCUT2D eigenvalue weighted by molar-refractivity contribution is 7.99. The second-order valence-corrected chi connectivity index (χ2v) is 7.81. The summed E-state index contributed by atoms with van der Waals surface area (Å²) in [5.41, 5.74) is 0.636. The van der Waals surface area contributed by atoms with Crippen molar-refractivity contribution < 1.29 is 14.3 Å². The number of fused-ring (bicyclic) bond motifs is 2. The maximum Gasteiger partial charge on any atom is 0.306 e. The lowest BCUT2D eigenvalue weighted by Gasteiger charge is -2.20. The van der Waals surface area contributed by atoms with Crippen molar-refractivity contribution in [2.24, 2.45) is 17.8 Å². The molecule has 2 fully saturated rings. The fraction of sp³-hybridized carbons (Fsp3) is 0.526. The molecule has 0 spiro atoms. The zero-order valence-electron chi connectivity index (χ0n) is 14.1. The van der Waals surface area contributed by atoms with Crippen LogP contribution >= 0.6 is 11.8 Å². The monoisotopic (exact) mass is 358 g/mol. The second kappa shape index (κ2) is 8.39. The lowest BCUT2D eigenvalue weighted by atomic mass is 9.86. The SMILES string of the molecule is N#CCSc1ccccc1NC(=O)COC(=O)C[C@@H]1C[C@H]2CC[C@@H]1C2. The van der Waals surface area contributed by atoms with Crippen molar-refractivity contribution in [2.75, 3.05) is 17.7 Å². The molecule has 2 aliphatic carbocycles. The van der Waals surface area contributed by atoms with Gasteiger partial charge in [-0.3, -0.25) is 9.59 Å². The minimum atomic E-state index is -0.355. The number of thioether (sulfide) groups is 1. The molecule has 1 amide bonds. The molecule has 2 bridgehead atoms. The lowest BCUT2D eigenvalue weighted by molar-refractivity contribution is -0.148. The Hall–Kier alpha value is -2.00. The molecule has 25 heavy (non-hydrogen) atoms. The first-order valence-corrected chi connectivity index (χ1v) is 9.68. The minimum absolute atomic E-state index is 0.267. The van der Waals surface area contributed by atoms with E-state index in [4.69, 9.17) is 10.00 Å². The summed E-state index contributed by atoms with van der Waals surface area (Å²) in [6.07, 6.45) is 5.37. The van der Waals surface area contributed by atoms with E-state index in [-0.39, 0.29) is 18.5 Å². The van der Waals surface area contributed by atoms with Crippen LogP contribution < -0.4 is 5.32 Å². The summed E-state index contributed by atoms with van der Waals surface area (Å²) in [5.74, 6) is 1.60. The standard InChI is InChI=1S/C19H22N2O3S/c20-7-8-25-17-4-2-1-3-16(17)21-18(22)12-24-19(23)11-15-10-13-5-6-14(15)9-13/h1-4,13-15H,5-6,8-12H2,(H,21,22)/t13-,14+,15-/m0/s1. The van der Waals surface area contributed by atoms with Gasteiger partial charge in [-0.05, 0) is 49.1 Å². The molecule has 2 saturated carbocycles. The molecule has 1 aromatic rings. The highest BCUT2D eigenvalue weighted by Crippen LogP contribution is 2.49. The number of ether oxygens (including phenoxy) is 1. The Morgan fingerprint density at radius 3 is 2.84 bits per heavy atom. The van der Waals surface area contributed by atoms with Gasteiger partial charge < -0.3 is 10.1 Å². The van der Waals surface area contributed by atoms with E-state index in [1.807, 2.05) is 18.2 Å². The van der Waals surface area contributed by atoms with Crippen LogP contribution in [-0.4, -0.2) is 24.2 Å². The maximum atomic E-state index is 12.0. The number of carbonyl (C=O) groups is 2. The summed E-state index contributed by atoms with van der Waals surface area (Å²) in [4.78, 5) is 24.9. The number of nitrogens with zero attached hydrogens (tertiary/aromatic N) is 1. The topological polar surface area (TPSA) is 79.2 Å². The summed E-state index contributed by atoms with van der Waals surface area (Å²) in [6, 6.07) is 9.35. The van der Waals surface area contributed by atoms with Gasteiger partial charge in [0.15, 0.2) is 6.61 Å². The van der Waals surface area contributed by atoms with Crippen molar-refractivity contribution in [3.8, 4) is 6.07 Å². The molecule has 5 nitrogen and oxygen atoms in total. The second-order valence-electron chi connectivity index (χ2n) is 6.79. The van der Waals surface area contributed by atoms with Gasteiger partial charge in [0, 0.05) is 11.3 Å². The van der Waals surface area contributed by atoms with Crippen LogP contribution in [0.3, 0.4) is 0 Å². The van der Waals surface area contributed by atoms with Gasteiger partial charge in [0.2, 0.25) is 0 Å². The van der Waals surface area contributed by atoms with Gasteiger partial charge in [0.25, 0.3) is 5.91 Å². The predicted octanol–water partition coefficient (Wildman–Crippen LogP) is 3.61. The number of amides is 1. The zero-order valence-corrected chi connectivity index (χ0v) is 14.9. The molecular formula is C19H22N2O3S. The van der Waals surface area contributed by atoms with Crippen LogP contribution in [0.2, 0.25) is 0 Å². The van der Waals surface area contributed by atoms with Crippen LogP contribution in [0.25, 0.3) is 0 Å². The van der Waals surface area contributed by atoms with Crippen LogP contribution in [0.15, 0.2) is 29.2 Å². The van der Waals surface area contributed by atoms with Crippen molar-refractivity contribution in [3.63, 3.8) is 0 Å².